The number of ether oxygens (including phenoxy) is 1. The summed E-state index contributed by atoms with van der Waals surface area (Å²) in [5.41, 5.74) is 1.30. The van der Waals surface area contributed by atoms with E-state index in [9.17, 15) is 19.8 Å². The lowest BCUT2D eigenvalue weighted by Gasteiger charge is -2.21. The molecule has 0 saturated carbocycles. The molecule has 0 bridgehead atoms. The van der Waals surface area contributed by atoms with E-state index in [0.29, 0.717) is 11.1 Å². The van der Waals surface area contributed by atoms with E-state index in [1.165, 1.54) is 19.2 Å². The molecule has 0 amide bonds. The van der Waals surface area contributed by atoms with Gasteiger partial charge in [0.2, 0.25) is 5.78 Å². The number of hydrogen-bond acceptors (Lipinski definition) is 5. The Morgan fingerprint density at radius 2 is 1.55 bits per heavy atom. The zero-order chi connectivity index (χ0) is 16.2. The number of fused-ring (bicyclic) bond motifs is 2. The lowest BCUT2D eigenvalue weighted by atomic mass is 9.81. The molecule has 1 aliphatic rings. The Morgan fingerprint density at radius 3 is 2.18 bits per heavy atom. The van der Waals surface area contributed by atoms with Gasteiger partial charge in [0.25, 0.3) is 0 Å². The first kappa shape index (κ1) is 14.1. The van der Waals surface area contributed by atoms with Crippen LogP contribution in [-0.2, 0) is 0 Å². The van der Waals surface area contributed by atoms with Crippen LogP contribution in [0.2, 0.25) is 0 Å². The third kappa shape index (κ3) is 1.72. The zero-order valence-corrected chi connectivity index (χ0v) is 12.4. The fourth-order valence-corrected chi connectivity index (χ4v) is 2.90. The van der Waals surface area contributed by atoms with E-state index in [0.717, 1.165) is 0 Å². The van der Waals surface area contributed by atoms with Crippen LogP contribution in [0.15, 0.2) is 18.2 Å². The predicted molar refractivity (Wildman–Crippen MR) is 79.1 cm³/mol. The molecule has 0 heterocycles. The Kier molecular flexibility index (Phi) is 2.95. The van der Waals surface area contributed by atoms with Gasteiger partial charge in [-0.2, -0.15) is 0 Å². The smallest absolute Gasteiger partial charge is 0.202 e. The summed E-state index contributed by atoms with van der Waals surface area (Å²) < 4.78 is 5.09. The topological polar surface area (TPSA) is 83.8 Å². The predicted octanol–water partition coefficient (Wildman–Crippen LogP) is 2.50. The summed E-state index contributed by atoms with van der Waals surface area (Å²) in [6, 6.07) is 4.50. The first-order valence-corrected chi connectivity index (χ1v) is 6.70. The summed E-state index contributed by atoms with van der Waals surface area (Å²) in [4.78, 5) is 25.3. The summed E-state index contributed by atoms with van der Waals surface area (Å²) in [7, 11) is 1.37. The van der Waals surface area contributed by atoms with E-state index in [-0.39, 0.29) is 39.5 Å². The number of ketones is 2. The van der Waals surface area contributed by atoms with Crippen LogP contribution in [0.3, 0.4) is 0 Å². The SMILES string of the molecule is COc1c(C)cc2c(c1O)C(=O)c1c(O)cc(C)cc1C2=O. The molecule has 22 heavy (non-hydrogen) atoms. The molecule has 2 aromatic rings. The normalized spacial score (nSPS) is 12.9. The molecule has 0 saturated heterocycles. The molecule has 5 heteroatoms. The Balaban J connectivity index is 2.39. The number of benzene rings is 2. The Bertz CT molecular complexity index is 849. The van der Waals surface area contributed by atoms with Gasteiger partial charge in [0.15, 0.2) is 17.3 Å². The van der Waals surface area contributed by atoms with E-state index in [4.69, 9.17) is 4.74 Å². The number of phenols is 2. The van der Waals surface area contributed by atoms with E-state index in [2.05, 4.69) is 0 Å². The van der Waals surface area contributed by atoms with Gasteiger partial charge in [0, 0.05) is 11.1 Å². The van der Waals surface area contributed by atoms with E-state index in [1.54, 1.807) is 19.9 Å². The van der Waals surface area contributed by atoms with Crippen molar-refractivity contribution in [2.45, 2.75) is 13.8 Å². The van der Waals surface area contributed by atoms with Crippen molar-refractivity contribution >= 4 is 11.6 Å². The molecular formula is C17H14O5. The Labute approximate surface area is 126 Å². The van der Waals surface area contributed by atoms with Crippen LogP contribution in [-0.4, -0.2) is 28.9 Å². The minimum absolute atomic E-state index is 0.0793. The van der Waals surface area contributed by atoms with Crippen molar-refractivity contribution in [2.75, 3.05) is 7.11 Å². The minimum atomic E-state index is -0.585. The summed E-state index contributed by atoms with van der Waals surface area (Å²) in [5, 5.41) is 20.3. The Hall–Kier alpha value is -2.82. The lowest BCUT2D eigenvalue weighted by molar-refractivity contribution is 0.0973. The highest BCUT2D eigenvalue weighted by Gasteiger charge is 2.36. The maximum atomic E-state index is 12.7. The van der Waals surface area contributed by atoms with Gasteiger partial charge < -0.3 is 14.9 Å². The number of aromatic hydroxyl groups is 2. The monoisotopic (exact) mass is 298 g/mol. The van der Waals surface area contributed by atoms with E-state index in [1.807, 2.05) is 0 Å². The molecule has 0 aromatic heterocycles. The van der Waals surface area contributed by atoms with Gasteiger partial charge in [-0.05, 0) is 43.2 Å². The molecule has 0 fully saturated rings. The van der Waals surface area contributed by atoms with Crippen LogP contribution in [0.4, 0.5) is 0 Å². The number of rotatable bonds is 1. The molecule has 2 N–H and O–H groups in total. The van der Waals surface area contributed by atoms with Crippen LogP contribution in [0.1, 0.15) is 43.0 Å². The van der Waals surface area contributed by atoms with Gasteiger partial charge in [-0.15, -0.1) is 0 Å². The molecule has 1 aliphatic carbocycles. The molecule has 0 unspecified atom stereocenters. The molecular weight excluding hydrogens is 284 g/mol. The maximum absolute atomic E-state index is 12.7. The van der Waals surface area contributed by atoms with Crippen molar-refractivity contribution in [1.29, 1.82) is 0 Å². The molecule has 112 valence electrons. The number of carbonyl (C=O) groups excluding carboxylic acids is 2. The van der Waals surface area contributed by atoms with Gasteiger partial charge >= 0.3 is 0 Å². The third-order valence-corrected chi connectivity index (χ3v) is 3.85. The molecule has 0 radical (unpaired) electrons. The van der Waals surface area contributed by atoms with Crippen molar-refractivity contribution in [3.05, 3.63) is 51.6 Å². The summed E-state index contributed by atoms with van der Waals surface area (Å²) in [6.07, 6.45) is 0. The first-order valence-electron chi connectivity index (χ1n) is 6.70. The highest BCUT2D eigenvalue weighted by molar-refractivity contribution is 6.30. The summed E-state index contributed by atoms with van der Waals surface area (Å²) in [6.45, 7) is 3.41. The van der Waals surface area contributed by atoms with Crippen molar-refractivity contribution in [2.24, 2.45) is 0 Å². The van der Waals surface area contributed by atoms with Gasteiger partial charge in [-0.3, -0.25) is 9.59 Å². The second kappa shape index (κ2) is 4.59. The number of aryl methyl sites for hydroxylation is 2. The number of phenolic OH excluding ortho intramolecular Hbond substituents is 2. The third-order valence-electron chi connectivity index (χ3n) is 3.85. The molecule has 3 rings (SSSR count). The van der Waals surface area contributed by atoms with Crippen molar-refractivity contribution in [1.82, 2.24) is 0 Å². The summed E-state index contributed by atoms with van der Waals surface area (Å²) in [5.74, 6) is -1.48. The van der Waals surface area contributed by atoms with Crippen LogP contribution >= 0.6 is 0 Å². The number of hydrogen-bond donors (Lipinski definition) is 2. The lowest BCUT2D eigenvalue weighted by Crippen LogP contribution is -2.22. The second-order valence-electron chi connectivity index (χ2n) is 5.36. The average molecular weight is 298 g/mol. The standard InChI is InChI=1S/C17H14O5/c1-7-4-9-12(11(18)5-7)15(20)13-10(14(9)19)6-8(2)17(22-3)16(13)21/h4-6,18,21H,1-3H3. The van der Waals surface area contributed by atoms with Gasteiger partial charge in [-0.25, -0.2) is 0 Å². The van der Waals surface area contributed by atoms with Crippen molar-refractivity contribution < 1.29 is 24.5 Å². The molecule has 5 nitrogen and oxygen atoms in total. The van der Waals surface area contributed by atoms with Crippen molar-refractivity contribution in [3.8, 4) is 17.2 Å². The zero-order valence-electron chi connectivity index (χ0n) is 12.4. The van der Waals surface area contributed by atoms with Crippen LogP contribution in [0.25, 0.3) is 0 Å². The van der Waals surface area contributed by atoms with E-state index < -0.39 is 11.6 Å². The van der Waals surface area contributed by atoms with Crippen molar-refractivity contribution in [3.63, 3.8) is 0 Å². The fraction of sp³-hybridized carbons (Fsp3) is 0.176. The minimum Gasteiger partial charge on any atom is -0.507 e. The highest BCUT2D eigenvalue weighted by Crippen LogP contribution is 2.42. The van der Waals surface area contributed by atoms with Gasteiger partial charge in [0.05, 0.1) is 18.2 Å². The average Bonchev–Trinajstić information content (AvgIpc) is 2.43. The largest absolute Gasteiger partial charge is 0.507 e. The maximum Gasteiger partial charge on any atom is 0.202 e. The van der Waals surface area contributed by atoms with Gasteiger partial charge in [0.1, 0.15) is 5.75 Å². The molecule has 2 aromatic carbocycles. The summed E-state index contributed by atoms with van der Waals surface area (Å²) >= 11 is 0. The fourth-order valence-electron chi connectivity index (χ4n) is 2.90. The number of carbonyl (C=O) groups is 2. The first-order chi connectivity index (χ1) is 10.4. The van der Waals surface area contributed by atoms with Crippen LogP contribution < -0.4 is 4.74 Å². The Morgan fingerprint density at radius 1 is 0.909 bits per heavy atom. The quantitative estimate of drug-likeness (QED) is 0.721. The highest BCUT2D eigenvalue weighted by atomic mass is 16.5. The van der Waals surface area contributed by atoms with Crippen LogP contribution in [0, 0.1) is 13.8 Å². The molecule has 0 aliphatic heterocycles. The molecule has 0 atom stereocenters. The second-order valence-corrected chi connectivity index (χ2v) is 5.36. The van der Waals surface area contributed by atoms with Crippen LogP contribution in [0.5, 0.6) is 17.2 Å². The van der Waals surface area contributed by atoms with Gasteiger partial charge in [-0.1, -0.05) is 0 Å². The molecule has 0 spiro atoms. The number of methoxy groups -OCH3 is 1. The van der Waals surface area contributed by atoms with E-state index >= 15 is 0 Å².